The van der Waals surface area contributed by atoms with Crippen molar-refractivity contribution < 1.29 is 19.4 Å². The molecular weight excluding hydrogens is 362 g/mol. The van der Waals surface area contributed by atoms with Crippen molar-refractivity contribution in [2.24, 2.45) is 0 Å². The molecule has 6 heteroatoms. The predicted octanol–water partition coefficient (Wildman–Crippen LogP) is 4.32. The molecule has 2 aromatic rings. The van der Waals surface area contributed by atoms with Gasteiger partial charge in [-0.3, -0.25) is 9.59 Å². The first-order valence-electron chi connectivity index (χ1n) is 8.68. The van der Waals surface area contributed by atoms with Crippen LogP contribution in [0.2, 0.25) is 0 Å². The maximum absolute atomic E-state index is 12.9. The van der Waals surface area contributed by atoms with E-state index in [0.717, 1.165) is 16.8 Å². The number of carboxylic acid groups (broad SMARTS) is 1. The standard InChI is InChI=1S/C21H25NO4S/c1-21(2,17-9-4-5-10-18(17)26-3)20(25)22-16-8-6-7-15(13-16)14-27-12-11-19(23)24/h4-10,13H,11-12,14H2,1-3H3,(H,22,25)(H,23,24). The molecule has 5 nitrogen and oxygen atoms in total. The SMILES string of the molecule is COc1ccccc1C(C)(C)C(=O)Nc1cccc(CSCCC(=O)O)c1. The van der Waals surface area contributed by atoms with Crippen molar-refractivity contribution >= 4 is 29.3 Å². The van der Waals surface area contributed by atoms with Gasteiger partial charge in [0.15, 0.2) is 0 Å². The highest BCUT2D eigenvalue weighted by Crippen LogP contribution is 2.32. The number of carboxylic acids is 1. The molecule has 0 aliphatic carbocycles. The van der Waals surface area contributed by atoms with Gasteiger partial charge in [-0.15, -0.1) is 0 Å². The fraction of sp³-hybridized carbons (Fsp3) is 0.333. The molecule has 0 unspecified atom stereocenters. The number of para-hydroxylation sites is 1. The zero-order valence-corrected chi connectivity index (χ0v) is 16.6. The van der Waals surface area contributed by atoms with Crippen LogP contribution >= 0.6 is 11.8 Å². The second-order valence-corrected chi connectivity index (χ2v) is 7.78. The van der Waals surface area contributed by atoms with Gasteiger partial charge >= 0.3 is 5.97 Å². The Kier molecular flexibility index (Phi) is 7.30. The molecule has 0 aromatic heterocycles. The van der Waals surface area contributed by atoms with Gasteiger partial charge in [-0.1, -0.05) is 30.3 Å². The number of anilines is 1. The smallest absolute Gasteiger partial charge is 0.304 e. The number of thioether (sulfide) groups is 1. The van der Waals surface area contributed by atoms with E-state index in [-0.39, 0.29) is 12.3 Å². The number of aliphatic carboxylic acids is 1. The monoisotopic (exact) mass is 387 g/mol. The lowest BCUT2D eigenvalue weighted by Crippen LogP contribution is -2.35. The van der Waals surface area contributed by atoms with E-state index >= 15 is 0 Å². The topological polar surface area (TPSA) is 75.6 Å². The maximum atomic E-state index is 12.9. The number of carbonyl (C=O) groups excluding carboxylic acids is 1. The van der Waals surface area contributed by atoms with Crippen LogP contribution in [0.3, 0.4) is 0 Å². The normalized spacial score (nSPS) is 11.1. The summed E-state index contributed by atoms with van der Waals surface area (Å²) in [5, 5.41) is 11.7. The Morgan fingerprint density at radius 1 is 1.15 bits per heavy atom. The Bertz CT molecular complexity index is 804. The van der Waals surface area contributed by atoms with Gasteiger partial charge in [0.1, 0.15) is 5.75 Å². The Labute approximate surface area is 164 Å². The lowest BCUT2D eigenvalue weighted by molar-refractivity contribution is -0.136. The van der Waals surface area contributed by atoms with E-state index in [9.17, 15) is 9.59 Å². The van der Waals surface area contributed by atoms with E-state index in [4.69, 9.17) is 9.84 Å². The van der Waals surface area contributed by atoms with Crippen LogP contribution in [0.1, 0.15) is 31.4 Å². The molecular formula is C21H25NO4S. The van der Waals surface area contributed by atoms with Gasteiger partial charge in [0.25, 0.3) is 0 Å². The molecule has 2 aromatic carbocycles. The summed E-state index contributed by atoms with van der Waals surface area (Å²) < 4.78 is 5.40. The zero-order valence-electron chi connectivity index (χ0n) is 15.8. The van der Waals surface area contributed by atoms with Crippen LogP contribution in [0.25, 0.3) is 0 Å². The second kappa shape index (κ2) is 9.46. The number of carbonyl (C=O) groups is 2. The van der Waals surface area contributed by atoms with Crippen LogP contribution in [-0.2, 0) is 20.8 Å². The van der Waals surface area contributed by atoms with Crippen LogP contribution in [0.4, 0.5) is 5.69 Å². The highest BCUT2D eigenvalue weighted by atomic mass is 32.2. The quantitative estimate of drug-likeness (QED) is 0.627. The summed E-state index contributed by atoms with van der Waals surface area (Å²) in [4.78, 5) is 23.5. The first-order chi connectivity index (χ1) is 12.8. The van der Waals surface area contributed by atoms with Crippen LogP contribution in [0, 0.1) is 0 Å². The lowest BCUT2D eigenvalue weighted by Gasteiger charge is -2.26. The van der Waals surface area contributed by atoms with Gasteiger partial charge < -0.3 is 15.2 Å². The molecule has 1 amide bonds. The summed E-state index contributed by atoms with van der Waals surface area (Å²) in [5.41, 5.74) is 1.82. The minimum Gasteiger partial charge on any atom is -0.496 e. The van der Waals surface area contributed by atoms with Crippen molar-refractivity contribution in [2.75, 3.05) is 18.2 Å². The molecule has 0 atom stereocenters. The van der Waals surface area contributed by atoms with Crippen molar-refractivity contribution in [2.45, 2.75) is 31.4 Å². The van der Waals surface area contributed by atoms with Gasteiger partial charge in [-0.25, -0.2) is 0 Å². The minimum absolute atomic E-state index is 0.123. The average molecular weight is 388 g/mol. The van der Waals surface area contributed by atoms with Crippen LogP contribution < -0.4 is 10.1 Å². The number of ether oxygens (including phenoxy) is 1. The number of hydrogen-bond acceptors (Lipinski definition) is 4. The summed E-state index contributed by atoms with van der Waals surface area (Å²) in [5.74, 6) is 1.03. The third-order valence-electron chi connectivity index (χ3n) is 4.26. The molecule has 0 saturated heterocycles. The maximum Gasteiger partial charge on any atom is 0.304 e. The number of hydrogen-bond donors (Lipinski definition) is 2. The highest BCUT2D eigenvalue weighted by Gasteiger charge is 2.32. The number of nitrogens with one attached hydrogen (secondary N) is 1. The molecule has 2 rings (SSSR count). The summed E-state index contributed by atoms with van der Waals surface area (Å²) >= 11 is 1.56. The number of rotatable bonds is 9. The molecule has 27 heavy (non-hydrogen) atoms. The van der Waals surface area contributed by atoms with E-state index in [2.05, 4.69) is 5.32 Å². The van der Waals surface area contributed by atoms with E-state index in [0.29, 0.717) is 17.3 Å². The number of methoxy groups -OCH3 is 1. The van der Waals surface area contributed by atoms with E-state index in [1.54, 1.807) is 18.9 Å². The summed E-state index contributed by atoms with van der Waals surface area (Å²) in [6.45, 7) is 3.73. The van der Waals surface area contributed by atoms with Crippen molar-refractivity contribution in [3.63, 3.8) is 0 Å². The second-order valence-electron chi connectivity index (χ2n) is 6.68. The van der Waals surface area contributed by atoms with Gasteiger partial charge in [0.2, 0.25) is 5.91 Å². The molecule has 0 heterocycles. The van der Waals surface area contributed by atoms with Gasteiger partial charge in [0.05, 0.1) is 18.9 Å². The molecule has 144 valence electrons. The molecule has 0 aliphatic heterocycles. The largest absolute Gasteiger partial charge is 0.496 e. The Balaban J connectivity index is 2.06. The van der Waals surface area contributed by atoms with Crippen LogP contribution in [-0.4, -0.2) is 29.8 Å². The molecule has 0 fully saturated rings. The van der Waals surface area contributed by atoms with Gasteiger partial charge in [-0.2, -0.15) is 11.8 Å². The van der Waals surface area contributed by atoms with Crippen LogP contribution in [0.5, 0.6) is 5.75 Å². The van der Waals surface area contributed by atoms with Crippen molar-refractivity contribution in [3.05, 3.63) is 59.7 Å². The Morgan fingerprint density at radius 2 is 1.89 bits per heavy atom. The van der Waals surface area contributed by atoms with Gasteiger partial charge in [0, 0.05) is 22.8 Å². The number of benzene rings is 2. The van der Waals surface area contributed by atoms with Crippen molar-refractivity contribution in [3.8, 4) is 5.75 Å². The first-order valence-corrected chi connectivity index (χ1v) is 9.83. The Morgan fingerprint density at radius 3 is 2.59 bits per heavy atom. The van der Waals surface area contributed by atoms with Crippen molar-refractivity contribution in [1.29, 1.82) is 0 Å². The Hall–Kier alpha value is -2.47. The lowest BCUT2D eigenvalue weighted by atomic mass is 9.83. The summed E-state index contributed by atoms with van der Waals surface area (Å²) in [6, 6.07) is 15.1. The van der Waals surface area contributed by atoms with Gasteiger partial charge in [-0.05, 0) is 37.6 Å². The summed E-state index contributed by atoms with van der Waals surface area (Å²) in [7, 11) is 1.60. The molecule has 0 spiro atoms. The highest BCUT2D eigenvalue weighted by molar-refractivity contribution is 7.98. The fourth-order valence-corrected chi connectivity index (χ4v) is 3.54. The third kappa shape index (κ3) is 5.76. The molecule has 0 saturated carbocycles. The fourth-order valence-electron chi connectivity index (χ4n) is 2.66. The van der Waals surface area contributed by atoms with E-state index in [1.807, 2.05) is 62.4 Å². The summed E-state index contributed by atoms with van der Waals surface area (Å²) in [6.07, 6.45) is 0.147. The van der Waals surface area contributed by atoms with Crippen LogP contribution in [0.15, 0.2) is 48.5 Å². The average Bonchev–Trinajstić information content (AvgIpc) is 2.65. The molecule has 0 aliphatic rings. The number of amides is 1. The predicted molar refractivity (Wildman–Crippen MR) is 110 cm³/mol. The first kappa shape index (κ1) is 20.8. The molecule has 0 radical (unpaired) electrons. The van der Waals surface area contributed by atoms with Crippen molar-refractivity contribution in [1.82, 2.24) is 0 Å². The minimum atomic E-state index is -0.790. The zero-order chi connectivity index (χ0) is 19.9. The van der Waals surface area contributed by atoms with E-state index < -0.39 is 11.4 Å². The molecule has 0 bridgehead atoms. The third-order valence-corrected chi connectivity index (χ3v) is 5.29. The molecule has 2 N–H and O–H groups in total. The van der Waals surface area contributed by atoms with E-state index in [1.165, 1.54) is 0 Å².